The lowest BCUT2D eigenvalue weighted by molar-refractivity contribution is -0.137. The van der Waals surface area contributed by atoms with Crippen LogP contribution in [-0.4, -0.2) is 49.8 Å². The second-order valence-electron chi connectivity index (χ2n) is 5.22. The molecule has 1 unspecified atom stereocenters. The second-order valence-corrected chi connectivity index (χ2v) is 5.22. The third-order valence-corrected chi connectivity index (χ3v) is 2.73. The Balaban J connectivity index is 4.01. The summed E-state index contributed by atoms with van der Waals surface area (Å²) in [5.74, 6) is -0.585. The van der Waals surface area contributed by atoms with Crippen molar-refractivity contribution >= 4 is 11.8 Å². The summed E-state index contributed by atoms with van der Waals surface area (Å²) >= 11 is 0. The van der Waals surface area contributed by atoms with E-state index in [0.717, 1.165) is 6.42 Å². The van der Waals surface area contributed by atoms with Crippen LogP contribution in [-0.2, 0) is 14.3 Å². The van der Waals surface area contributed by atoms with E-state index in [1.54, 1.807) is 13.8 Å². The summed E-state index contributed by atoms with van der Waals surface area (Å²) in [6.07, 6.45) is -0.0725. The van der Waals surface area contributed by atoms with Gasteiger partial charge in [-0.2, -0.15) is 0 Å². The van der Waals surface area contributed by atoms with Crippen LogP contribution in [0.5, 0.6) is 0 Å². The molecule has 0 aromatic carbocycles. The van der Waals surface area contributed by atoms with Crippen molar-refractivity contribution in [2.75, 3.05) is 26.8 Å². The number of ether oxygens (including phenoxy) is 1. The first kappa shape index (κ1) is 17.9. The van der Waals surface area contributed by atoms with Gasteiger partial charge in [0, 0.05) is 32.0 Å². The van der Waals surface area contributed by atoms with Crippen molar-refractivity contribution < 1.29 is 19.4 Å². The predicted octanol–water partition coefficient (Wildman–Crippen LogP) is 0.0524. The maximum absolute atomic E-state index is 11.7. The van der Waals surface area contributed by atoms with E-state index in [9.17, 15) is 14.7 Å². The number of methoxy groups -OCH3 is 1. The number of hydrogen-bond acceptors (Lipinski definition) is 4. The van der Waals surface area contributed by atoms with Gasteiger partial charge in [-0.25, -0.2) is 0 Å². The quantitative estimate of drug-likeness (QED) is 0.554. The predicted molar refractivity (Wildman–Crippen MR) is 72.6 cm³/mol. The lowest BCUT2D eigenvalue weighted by Gasteiger charge is -2.28. The molecule has 0 aromatic heterocycles. The molecule has 19 heavy (non-hydrogen) atoms. The molecule has 0 spiro atoms. The number of hydrogen-bond donors (Lipinski definition) is 3. The fourth-order valence-electron chi connectivity index (χ4n) is 1.55. The highest BCUT2D eigenvalue weighted by atomic mass is 16.5. The third-order valence-electron chi connectivity index (χ3n) is 2.73. The Morgan fingerprint density at radius 2 is 1.89 bits per heavy atom. The summed E-state index contributed by atoms with van der Waals surface area (Å²) in [5.41, 5.74) is -0.663. The molecular weight excluding hydrogens is 248 g/mol. The van der Waals surface area contributed by atoms with E-state index in [-0.39, 0.29) is 25.5 Å². The molecule has 0 heterocycles. The van der Waals surface area contributed by atoms with Gasteiger partial charge in [-0.1, -0.05) is 20.8 Å². The summed E-state index contributed by atoms with van der Waals surface area (Å²) in [6, 6.07) is 0. The number of aliphatic hydroxyl groups is 1. The molecule has 1 atom stereocenters. The van der Waals surface area contributed by atoms with Crippen LogP contribution in [0.15, 0.2) is 0 Å². The van der Waals surface area contributed by atoms with Gasteiger partial charge < -0.3 is 20.5 Å². The first-order valence-electron chi connectivity index (χ1n) is 6.56. The molecule has 0 fully saturated rings. The molecule has 0 saturated heterocycles. The van der Waals surface area contributed by atoms with Crippen LogP contribution in [0.1, 0.15) is 33.6 Å². The van der Waals surface area contributed by atoms with E-state index < -0.39 is 17.4 Å². The molecule has 2 amide bonds. The zero-order valence-corrected chi connectivity index (χ0v) is 12.3. The molecular formula is C13H26N2O4. The fraction of sp³-hybridized carbons (Fsp3) is 0.846. The van der Waals surface area contributed by atoms with E-state index >= 15 is 0 Å². The highest BCUT2D eigenvalue weighted by Gasteiger charge is 2.33. The average Bonchev–Trinajstić information content (AvgIpc) is 2.35. The molecule has 0 aliphatic carbocycles. The fourth-order valence-corrected chi connectivity index (χ4v) is 1.55. The maximum Gasteiger partial charge on any atom is 0.249 e. The van der Waals surface area contributed by atoms with Gasteiger partial charge in [0.25, 0.3) is 0 Å². The molecule has 0 rings (SSSR count). The van der Waals surface area contributed by atoms with Gasteiger partial charge in [-0.05, 0) is 6.42 Å². The maximum atomic E-state index is 11.7. The molecule has 0 bridgehead atoms. The van der Waals surface area contributed by atoms with E-state index in [0.29, 0.717) is 6.54 Å². The Morgan fingerprint density at radius 3 is 2.42 bits per heavy atom. The van der Waals surface area contributed by atoms with E-state index in [2.05, 4.69) is 10.6 Å². The minimum absolute atomic E-state index is 0.104. The van der Waals surface area contributed by atoms with E-state index in [1.165, 1.54) is 7.11 Å². The van der Waals surface area contributed by atoms with Crippen LogP contribution in [0.25, 0.3) is 0 Å². The molecule has 3 N–H and O–H groups in total. The zero-order chi connectivity index (χ0) is 14.9. The number of aliphatic hydroxyl groups excluding tert-OH is 1. The van der Waals surface area contributed by atoms with Gasteiger partial charge in [0.1, 0.15) is 6.10 Å². The average molecular weight is 274 g/mol. The zero-order valence-electron chi connectivity index (χ0n) is 12.3. The Labute approximate surface area is 114 Å². The highest BCUT2D eigenvalue weighted by Crippen LogP contribution is 2.20. The number of carbonyl (C=O) groups excluding carboxylic acids is 2. The molecule has 0 radical (unpaired) electrons. The minimum atomic E-state index is -1.16. The molecule has 112 valence electrons. The monoisotopic (exact) mass is 274 g/mol. The van der Waals surface area contributed by atoms with E-state index in [1.807, 2.05) is 6.92 Å². The SMILES string of the molecule is CCCNC(=O)CCNC(=O)C(O)C(C)(C)COC. The van der Waals surface area contributed by atoms with Crippen LogP contribution in [0, 0.1) is 5.41 Å². The summed E-state index contributed by atoms with van der Waals surface area (Å²) < 4.78 is 4.96. The van der Waals surface area contributed by atoms with Crippen LogP contribution in [0.3, 0.4) is 0 Å². The third kappa shape index (κ3) is 7.12. The topological polar surface area (TPSA) is 87.7 Å². The van der Waals surface area contributed by atoms with Gasteiger partial charge in [0.15, 0.2) is 0 Å². The number of nitrogens with one attached hydrogen (secondary N) is 2. The van der Waals surface area contributed by atoms with Crippen molar-refractivity contribution in [3.8, 4) is 0 Å². The van der Waals surface area contributed by atoms with Crippen molar-refractivity contribution in [2.24, 2.45) is 5.41 Å². The standard InChI is InChI=1S/C13H26N2O4/c1-5-7-14-10(16)6-8-15-12(18)11(17)13(2,3)9-19-4/h11,17H,5-9H2,1-4H3,(H,14,16)(H,15,18). The number of rotatable bonds is 9. The van der Waals surface area contributed by atoms with Crippen molar-refractivity contribution in [2.45, 2.75) is 39.7 Å². The van der Waals surface area contributed by atoms with Gasteiger partial charge in [-0.15, -0.1) is 0 Å². The number of amides is 2. The van der Waals surface area contributed by atoms with Crippen molar-refractivity contribution in [1.29, 1.82) is 0 Å². The minimum Gasteiger partial charge on any atom is -0.384 e. The molecule has 6 nitrogen and oxygen atoms in total. The Morgan fingerprint density at radius 1 is 1.26 bits per heavy atom. The van der Waals surface area contributed by atoms with Crippen LogP contribution in [0.4, 0.5) is 0 Å². The van der Waals surface area contributed by atoms with Crippen LogP contribution in [0.2, 0.25) is 0 Å². The largest absolute Gasteiger partial charge is 0.384 e. The van der Waals surface area contributed by atoms with Crippen LogP contribution >= 0.6 is 0 Å². The first-order valence-corrected chi connectivity index (χ1v) is 6.56. The highest BCUT2D eigenvalue weighted by molar-refractivity contribution is 5.82. The van der Waals surface area contributed by atoms with Crippen LogP contribution < -0.4 is 10.6 Å². The lowest BCUT2D eigenvalue weighted by Crippen LogP contribution is -2.46. The van der Waals surface area contributed by atoms with Gasteiger partial charge in [-0.3, -0.25) is 9.59 Å². The van der Waals surface area contributed by atoms with Crippen molar-refractivity contribution in [3.05, 3.63) is 0 Å². The first-order chi connectivity index (χ1) is 8.85. The molecule has 6 heteroatoms. The summed E-state index contributed by atoms with van der Waals surface area (Å²) in [5, 5.41) is 15.2. The molecule has 0 aliphatic heterocycles. The van der Waals surface area contributed by atoms with Crippen molar-refractivity contribution in [3.63, 3.8) is 0 Å². The van der Waals surface area contributed by atoms with Gasteiger partial charge in [0.05, 0.1) is 6.61 Å². The Bertz CT molecular complexity index is 292. The van der Waals surface area contributed by atoms with Crippen molar-refractivity contribution in [1.82, 2.24) is 10.6 Å². The summed E-state index contributed by atoms with van der Waals surface area (Å²) in [6.45, 7) is 6.59. The molecule has 0 aromatic rings. The Hall–Kier alpha value is -1.14. The molecule has 0 aliphatic rings. The second kappa shape index (κ2) is 8.87. The smallest absolute Gasteiger partial charge is 0.249 e. The number of carbonyl (C=O) groups is 2. The van der Waals surface area contributed by atoms with Gasteiger partial charge in [0.2, 0.25) is 11.8 Å². The Kier molecular flexibility index (Phi) is 8.34. The normalized spacial score (nSPS) is 12.9. The van der Waals surface area contributed by atoms with E-state index in [4.69, 9.17) is 4.74 Å². The van der Waals surface area contributed by atoms with Gasteiger partial charge >= 0.3 is 0 Å². The summed E-state index contributed by atoms with van der Waals surface area (Å²) in [4.78, 5) is 23.0. The molecule has 0 saturated carbocycles. The lowest BCUT2D eigenvalue weighted by atomic mass is 9.87. The summed E-state index contributed by atoms with van der Waals surface area (Å²) in [7, 11) is 1.52.